The van der Waals surface area contributed by atoms with Crippen molar-refractivity contribution in [1.82, 2.24) is 0 Å². The van der Waals surface area contributed by atoms with Crippen LogP contribution in [0.4, 0.5) is 17.1 Å². The van der Waals surface area contributed by atoms with E-state index >= 15 is 0 Å². The number of carbonyl (C=O) groups is 4. The van der Waals surface area contributed by atoms with Crippen LogP contribution in [-0.4, -0.2) is 30.8 Å². The summed E-state index contributed by atoms with van der Waals surface area (Å²) < 4.78 is 4.65. The number of halogens is 2. The fourth-order valence-corrected chi connectivity index (χ4v) is 3.77. The molecular formula is C25H17Cl2N3O5. The number of nitrogens with zero attached hydrogens (tertiary/aromatic N) is 1. The van der Waals surface area contributed by atoms with Crippen molar-refractivity contribution in [2.75, 3.05) is 22.6 Å². The van der Waals surface area contributed by atoms with E-state index in [-0.39, 0.29) is 22.0 Å². The molecule has 2 N–H and O–H groups in total. The molecule has 3 aromatic carbocycles. The Morgan fingerprint density at radius 3 is 2.20 bits per heavy atom. The molecule has 3 amide bonds. The van der Waals surface area contributed by atoms with Crippen molar-refractivity contribution in [3.8, 4) is 0 Å². The third-order valence-corrected chi connectivity index (χ3v) is 5.64. The first-order valence-corrected chi connectivity index (χ1v) is 10.9. The van der Waals surface area contributed by atoms with Gasteiger partial charge in [0.2, 0.25) is 0 Å². The van der Waals surface area contributed by atoms with Crippen molar-refractivity contribution in [2.45, 2.75) is 0 Å². The van der Waals surface area contributed by atoms with E-state index in [1.807, 2.05) is 0 Å². The number of amides is 3. The van der Waals surface area contributed by atoms with Gasteiger partial charge in [-0.1, -0.05) is 35.3 Å². The maximum Gasteiger partial charge on any atom is 0.337 e. The van der Waals surface area contributed by atoms with Gasteiger partial charge in [-0.2, -0.15) is 0 Å². The molecule has 1 heterocycles. The van der Waals surface area contributed by atoms with Gasteiger partial charge in [0.1, 0.15) is 10.7 Å². The van der Waals surface area contributed by atoms with Crippen LogP contribution in [0.3, 0.4) is 0 Å². The molecule has 0 aliphatic carbocycles. The zero-order chi connectivity index (χ0) is 25.1. The molecule has 0 saturated heterocycles. The second kappa shape index (κ2) is 10.0. The summed E-state index contributed by atoms with van der Waals surface area (Å²) in [5.41, 5.74) is 1.57. The number of esters is 1. The lowest BCUT2D eigenvalue weighted by Crippen LogP contribution is -2.32. The number of imide groups is 1. The topological polar surface area (TPSA) is 105 Å². The Bertz CT molecular complexity index is 1390. The van der Waals surface area contributed by atoms with Crippen LogP contribution in [0, 0.1) is 0 Å². The first kappa shape index (κ1) is 24.0. The van der Waals surface area contributed by atoms with Gasteiger partial charge in [0.25, 0.3) is 17.7 Å². The van der Waals surface area contributed by atoms with E-state index in [0.717, 1.165) is 4.90 Å². The number of carbonyl (C=O) groups excluding carboxylic acids is 4. The Kier molecular flexibility index (Phi) is 6.86. The van der Waals surface area contributed by atoms with Crippen LogP contribution in [0.5, 0.6) is 0 Å². The highest BCUT2D eigenvalue weighted by molar-refractivity contribution is 6.53. The molecule has 0 bridgehead atoms. The molecule has 35 heavy (non-hydrogen) atoms. The molecule has 176 valence electrons. The molecule has 0 aromatic heterocycles. The standard InChI is InChI=1S/C25H17Cl2N3O5/c1-35-25(34)14-8-10-19(11-9-14)30-23(32)20(27)21(24(30)33)28-17-6-2-4-15(12-17)22(31)29-18-7-3-5-16(26)13-18/h2-13,28H,1H3,(H,29,31). The molecule has 1 aliphatic heterocycles. The fourth-order valence-electron chi connectivity index (χ4n) is 3.36. The van der Waals surface area contributed by atoms with Gasteiger partial charge in [-0.3, -0.25) is 14.4 Å². The number of benzene rings is 3. The molecular weight excluding hydrogens is 493 g/mol. The average Bonchev–Trinajstić information content (AvgIpc) is 3.07. The molecule has 0 atom stereocenters. The SMILES string of the molecule is COC(=O)c1ccc(N2C(=O)C(Cl)=C(Nc3cccc(C(=O)Nc4cccc(Cl)c4)c3)C2=O)cc1. The third-order valence-electron chi connectivity index (χ3n) is 5.05. The minimum Gasteiger partial charge on any atom is -0.465 e. The fraction of sp³-hybridized carbons (Fsp3) is 0.0400. The number of hydrogen-bond donors (Lipinski definition) is 2. The first-order chi connectivity index (χ1) is 16.8. The normalized spacial score (nSPS) is 13.2. The van der Waals surface area contributed by atoms with Crippen molar-refractivity contribution in [1.29, 1.82) is 0 Å². The minimum atomic E-state index is -0.722. The van der Waals surface area contributed by atoms with Gasteiger partial charge in [0.05, 0.1) is 18.4 Å². The number of anilines is 3. The Balaban J connectivity index is 1.52. The molecule has 10 heteroatoms. The van der Waals surface area contributed by atoms with Gasteiger partial charge in [-0.15, -0.1) is 0 Å². The molecule has 1 aliphatic rings. The highest BCUT2D eigenvalue weighted by atomic mass is 35.5. The second-order valence-corrected chi connectivity index (χ2v) is 8.16. The summed E-state index contributed by atoms with van der Waals surface area (Å²) in [6.07, 6.45) is 0. The van der Waals surface area contributed by atoms with Gasteiger partial charge < -0.3 is 15.4 Å². The number of nitrogens with one attached hydrogen (secondary N) is 2. The minimum absolute atomic E-state index is 0.138. The maximum absolute atomic E-state index is 13.0. The highest BCUT2D eigenvalue weighted by Gasteiger charge is 2.39. The lowest BCUT2D eigenvalue weighted by Gasteiger charge is -2.15. The largest absolute Gasteiger partial charge is 0.465 e. The van der Waals surface area contributed by atoms with Crippen LogP contribution in [0.15, 0.2) is 83.5 Å². The van der Waals surface area contributed by atoms with Gasteiger partial charge >= 0.3 is 5.97 Å². The predicted octanol–water partition coefficient (Wildman–Crippen LogP) is 4.81. The Morgan fingerprint density at radius 2 is 1.51 bits per heavy atom. The van der Waals surface area contributed by atoms with Crippen molar-refractivity contribution in [3.63, 3.8) is 0 Å². The molecule has 0 radical (unpaired) electrons. The highest BCUT2D eigenvalue weighted by Crippen LogP contribution is 2.30. The van der Waals surface area contributed by atoms with E-state index in [4.69, 9.17) is 23.2 Å². The predicted molar refractivity (Wildman–Crippen MR) is 133 cm³/mol. The molecule has 4 rings (SSSR count). The molecule has 0 fully saturated rings. The lowest BCUT2D eigenvalue weighted by atomic mass is 10.1. The van der Waals surface area contributed by atoms with E-state index in [9.17, 15) is 19.2 Å². The van der Waals surface area contributed by atoms with Crippen LogP contribution in [0.1, 0.15) is 20.7 Å². The van der Waals surface area contributed by atoms with Crippen LogP contribution in [-0.2, 0) is 14.3 Å². The molecule has 0 saturated carbocycles. The molecule has 0 unspecified atom stereocenters. The zero-order valence-electron chi connectivity index (χ0n) is 18.2. The monoisotopic (exact) mass is 509 g/mol. The van der Waals surface area contributed by atoms with Crippen LogP contribution in [0.2, 0.25) is 5.02 Å². The summed E-state index contributed by atoms with van der Waals surface area (Å²) in [5.74, 6) is -2.34. The van der Waals surface area contributed by atoms with Gasteiger partial charge in [0, 0.05) is 22.0 Å². The summed E-state index contributed by atoms with van der Waals surface area (Å²) in [6.45, 7) is 0. The Morgan fingerprint density at radius 1 is 0.829 bits per heavy atom. The zero-order valence-corrected chi connectivity index (χ0v) is 19.7. The number of rotatable bonds is 6. The lowest BCUT2D eigenvalue weighted by molar-refractivity contribution is -0.120. The maximum atomic E-state index is 13.0. The van der Waals surface area contributed by atoms with E-state index in [2.05, 4.69) is 15.4 Å². The number of hydrogen-bond acceptors (Lipinski definition) is 6. The van der Waals surface area contributed by atoms with Crippen molar-refractivity contribution >= 4 is 64.0 Å². The van der Waals surface area contributed by atoms with Gasteiger partial charge in [-0.05, 0) is 60.7 Å². The van der Waals surface area contributed by atoms with Crippen LogP contribution < -0.4 is 15.5 Å². The van der Waals surface area contributed by atoms with Crippen LogP contribution >= 0.6 is 23.2 Å². The smallest absolute Gasteiger partial charge is 0.337 e. The van der Waals surface area contributed by atoms with Crippen molar-refractivity contribution in [2.24, 2.45) is 0 Å². The molecule has 8 nitrogen and oxygen atoms in total. The summed E-state index contributed by atoms with van der Waals surface area (Å²) in [6, 6.07) is 18.8. The number of ether oxygens (including phenoxy) is 1. The second-order valence-electron chi connectivity index (χ2n) is 7.34. The van der Waals surface area contributed by atoms with Crippen LogP contribution in [0.25, 0.3) is 0 Å². The third kappa shape index (κ3) is 5.03. The summed E-state index contributed by atoms with van der Waals surface area (Å²) in [7, 11) is 1.25. The summed E-state index contributed by atoms with van der Waals surface area (Å²) in [4.78, 5) is 50.9. The van der Waals surface area contributed by atoms with E-state index < -0.39 is 23.7 Å². The van der Waals surface area contributed by atoms with E-state index in [1.165, 1.54) is 37.4 Å². The molecule has 3 aromatic rings. The van der Waals surface area contributed by atoms with E-state index in [1.54, 1.807) is 42.5 Å². The summed E-state index contributed by atoms with van der Waals surface area (Å²) >= 11 is 12.1. The Hall–Kier alpha value is -4.14. The summed E-state index contributed by atoms with van der Waals surface area (Å²) in [5, 5.41) is 5.75. The molecule has 0 spiro atoms. The van der Waals surface area contributed by atoms with E-state index in [0.29, 0.717) is 22.0 Å². The quantitative estimate of drug-likeness (QED) is 0.364. The first-order valence-electron chi connectivity index (χ1n) is 10.2. The average molecular weight is 510 g/mol. The van der Waals surface area contributed by atoms with Crippen molar-refractivity contribution in [3.05, 3.63) is 99.7 Å². The van der Waals surface area contributed by atoms with Gasteiger partial charge in [0.15, 0.2) is 0 Å². The van der Waals surface area contributed by atoms with Crippen molar-refractivity contribution < 1.29 is 23.9 Å². The Labute approximate surface area is 210 Å². The van der Waals surface area contributed by atoms with Gasteiger partial charge in [-0.25, -0.2) is 9.69 Å². The number of methoxy groups -OCH3 is 1.